The van der Waals surface area contributed by atoms with Crippen LogP contribution in [0.3, 0.4) is 0 Å². The summed E-state index contributed by atoms with van der Waals surface area (Å²) in [5.41, 5.74) is 3.53. The molecule has 0 saturated carbocycles. The molecule has 0 saturated heterocycles. The Labute approximate surface area is 127 Å². The first-order valence-electron chi connectivity index (χ1n) is 7.78. The molecule has 4 heteroatoms. The molecular formula is C17H26NO3. The van der Waals surface area contributed by atoms with Crippen LogP contribution >= 0.6 is 0 Å². The monoisotopic (exact) mass is 292 g/mol. The SMILES string of the molecule is CCCCCCCCOc1ccc(CONC[C]=O)cc1. The lowest BCUT2D eigenvalue weighted by atomic mass is 10.1. The third-order valence-corrected chi connectivity index (χ3v) is 3.18. The second-order valence-corrected chi connectivity index (χ2v) is 5.01. The van der Waals surface area contributed by atoms with Gasteiger partial charge in [0.05, 0.1) is 19.8 Å². The summed E-state index contributed by atoms with van der Waals surface area (Å²) in [4.78, 5) is 15.1. The van der Waals surface area contributed by atoms with E-state index in [4.69, 9.17) is 9.57 Å². The van der Waals surface area contributed by atoms with Crippen LogP contribution in [0.25, 0.3) is 0 Å². The summed E-state index contributed by atoms with van der Waals surface area (Å²) in [5, 5.41) is 0. The summed E-state index contributed by atoms with van der Waals surface area (Å²) < 4.78 is 5.70. The average molecular weight is 292 g/mol. The van der Waals surface area contributed by atoms with E-state index in [0.29, 0.717) is 6.61 Å². The molecule has 0 aliphatic rings. The molecule has 0 bridgehead atoms. The van der Waals surface area contributed by atoms with Crippen molar-refractivity contribution in [3.05, 3.63) is 29.8 Å². The third kappa shape index (κ3) is 9.21. The third-order valence-electron chi connectivity index (χ3n) is 3.18. The molecule has 1 aromatic carbocycles. The van der Waals surface area contributed by atoms with Gasteiger partial charge in [-0.15, -0.1) is 0 Å². The van der Waals surface area contributed by atoms with E-state index in [0.717, 1.165) is 24.3 Å². The van der Waals surface area contributed by atoms with Gasteiger partial charge in [0, 0.05) is 0 Å². The first kappa shape index (κ1) is 17.7. The van der Waals surface area contributed by atoms with Gasteiger partial charge in [-0.1, -0.05) is 51.2 Å². The summed E-state index contributed by atoms with van der Waals surface area (Å²) in [7, 11) is 0. The molecular weight excluding hydrogens is 266 g/mol. The lowest BCUT2D eigenvalue weighted by Crippen LogP contribution is -2.16. The second kappa shape index (κ2) is 12.4. The molecule has 1 N–H and O–H groups in total. The molecule has 4 nitrogen and oxygen atoms in total. The number of unbranched alkanes of at least 4 members (excludes halogenated alkanes) is 5. The van der Waals surface area contributed by atoms with E-state index in [9.17, 15) is 4.79 Å². The summed E-state index contributed by atoms with van der Waals surface area (Å²) in [5.74, 6) is 0.890. The van der Waals surface area contributed by atoms with Crippen LogP contribution in [0.5, 0.6) is 5.75 Å². The van der Waals surface area contributed by atoms with E-state index in [1.165, 1.54) is 32.1 Å². The number of rotatable bonds is 13. The minimum Gasteiger partial charge on any atom is -0.494 e. The quantitative estimate of drug-likeness (QED) is 0.446. The van der Waals surface area contributed by atoms with Crippen molar-refractivity contribution >= 4 is 6.29 Å². The Morgan fingerprint density at radius 2 is 1.76 bits per heavy atom. The topological polar surface area (TPSA) is 47.6 Å². The van der Waals surface area contributed by atoms with Crippen LogP contribution in [0.2, 0.25) is 0 Å². The molecule has 0 spiro atoms. The lowest BCUT2D eigenvalue weighted by molar-refractivity contribution is 0.0373. The van der Waals surface area contributed by atoms with Crippen molar-refractivity contribution in [2.24, 2.45) is 0 Å². The summed E-state index contributed by atoms with van der Waals surface area (Å²) >= 11 is 0. The smallest absolute Gasteiger partial charge is 0.215 e. The highest BCUT2D eigenvalue weighted by Crippen LogP contribution is 2.13. The number of ether oxygens (including phenoxy) is 1. The van der Waals surface area contributed by atoms with Gasteiger partial charge in [-0.25, -0.2) is 0 Å². The van der Waals surface area contributed by atoms with Gasteiger partial charge in [0.15, 0.2) is 0 Å². The molecule has 0 aliphatic carbocycles. The molecule has 21 heavy (non-hydrogen) atoms. The highest BCUT2D eigenvalue weighted by atomic mass is 16.6. The van der Waals surface area contributed by atoms with Crippen LogP contribution in [-0.4, -0.2) is 19.4 Å². The number of hydrogen-bond acceptors (Lipinski definition) is 4. The predicted molar refractivity (Wildman–Crippen MR) is 83.8 cm³/mol. The number of hydrogen-bond donors (Lipinski definition) is 1. The number of benzene rings is 1. The molecule has 117 valence electrons. The van der Waals surface area contributed by atoms with Crippen LogP contribution in [0.4, 0.5) is 0 Å². The molecule has 0 fully saturated rings. The summed E-state index contributed by atoms with van der Waals surface area (Å²) in [6.45, 7) is 3.51. The molecule has 0 unspecified atom stereocenters. The Bertz CT molecular complexity index is 365. The standard InChI is InChI=1S/C17H26NO3/c1-2-3-4-5-6-7-14-20-17-10-8-16(9-11-17)15-21-18-12-13-19/h8-11,18H,2-7,12,14-15H2,1H3. The van der Waals surface area contributed by atoms with Gasteiger partial charge < -0.3 is 4.74 Å². The van der Waals surface area contributed by atoms with Gasteiger partial charge in [0.25, 0.3) is 0 Å². The number of hydroxylamine groups is 1. The minimum absolute atomic E-state index is 0.0828. The molecule has 0 aromatic heterocycles. The van der Waals surface area contributed by atoms with Crippen molar-refractivity contribution < 1.29 is 14.4 Å². The van der Waals surface area contributed by atoms with Crippen molar-refractivity contribution in [2.75, 3.05) is 13.2 Å². The van der Waals surface area contributed by atoms with Gasteiger partial charge in [0.1, 0.15) is 5.75 Å². The van der Waals surface area contributed by atoms with Gasteiger partial charge >= 0.3 is 0 Å². The van der Waals surface area contributed by atoms with Crippen molar-refractivity contribution in [1.82, 2.24) is 5.48 Å². The van der Waals surface area contributed by atoms with Gasteiger partial charge in [-0.2, -0.15) is 5.48 Å². The second-order valence-electron chi connectivity index (χ2n) is 5.01. The first-order chi connectivity index (χ1) is 10.4. The Morgan fingerprint density at radius 3 is 2.48 bits per heavy atom. The van der Waals surface area contributed by atoms with Gasteiger partial charge in [-0.3, -0.25) is 9.63 Å². The Balaban J connectivity index is 2.09. The van der Waals surface area contributed by atoms with Crippen LogP contribution in [0.1, 0.15) is 51.0 Å². The Kier molecular flexibility index (Phi) is 10.4. The van der Waals surface area contributed by atoms with E-state index < -0.39 is 0 Å². The van der Waals surface area contributed by atoms with Crippen molar-refractivity contribution in [2.45, 2.75) is 52.1 Å². The molecule has 0 atom stereocenters. The van der Waals surface area contributed by atoms with Crippen molar-refractivity contribution in [1.29, 1.82) is 0 Å². The van der Waals surface area contributed by atoms with E-state index in [1.54, 1.807) is 6.29 Å². The fourth-order valence-corrected chi connectivity index (χ4v) is 1.97. The fraction of sp³-hybridized carbons (Fsp3) is 0.588. The highest BCUT2D eigenvalue weighted by Gasteiger charge is 1.97. The molecule has 1 rings (SSSR count). The van der Waals surface area contributed by atoms with Crippen LogP contribution in [0.15, 0.2) is 24.3 Å². The highest BCUT2D eigenvalue weighted by molar-refractivity contribution is 5.52. The predicted octanol–water partition coefficient (Wildman–Crippen LogP) is 3.56. The summed E-state index contributed by atoms with van der Waals surface area (Å²) in [6.07, 6.45) is 9.32. The first-order valence-corrected chi connectivity index (χ1v) is 7.78. The Morgan fingerprint density at radius 1 is 1.05 bits per heavy atom. The largest absolute Gasteiger partial charge is 0.494 e. The maximum Gasteiger partial charge on any atom is 0.215 e. The maximum absolute atomic E-state index is 9.98. The van der Waals surface area contributed by atoms with Gasteiger partial charge in [-0.05, 0) is 24.1 Å². The minimum atomic E-state index is 0.0828. The van der Waals surface area contributed by atoms with Crippen molar-refractivity contribution in [3.63, 3.8) is 0 Å². The zero-order valence-corrected chi connectivity index (χ0v) is 12.9. The van der Waals surface area contributed by atoms with E-state index in [2.05, 4.69) is 12.4 Å². The zero-order chi connectivity index (χ0) is 15.2. The Hall–Kier alpha value is -1.39. The van der Waals surface area contributed by atoms with Crippen molar-refractivity contribution in [3.8, 4) is 5.75 Å². The average Bonchev–Trinajstić information content (AvgIpc) is 2.52. The van der Waals surface area contributed by atoms with Crippen LogP contribution in [0, 0.1) is 0 Å². The molecule has 0 aliphatic heterocycles. The maximum atomic E-state index is 9.98. The van der Waals surface area contributed by atoms with Gasteiger partial charge in [0.2, 0.25) is 6.29 Å². The van der Waals surface area contributed by atoms with Crippen LogP contribution in [-0.2, 0) is 16.2 Å². The summed E-state index contributed by atoms with van der Waals surface area (Å²) in [6, 6.07) is 7.81. The molecule has 1 aromatic rings. The normalized spacial score (nSPS) is 10.5. The van der Waals surface area contributed by atoms with E-state index in [1.807, 2.05) is 24.3 Å². The van der Waals surface area contributed by atoms with E-state index in [-0.39, 0.29) is 6.54 Å². The zero-order valence-electron chi connectivity index (χ0n) is 12.9. The number of nitrogens with one attached hydrogen (secondary N) is 1. The lowest BCUT2D eigenvalue weighted by Gasteiger charge is -2.07. The fourth-order valence-electron chi connectivity index (χ4n) is 1.97. The number of carbonyl (C=O) groups excluding carboxylic acids is 1. The molecule has 0 heterocycles. The molecule has 0 amide bonds. The molecule has 1 radical (unpaired) electrons. The van der Waals surface area contributed by atoms with Crippen LogP contribution < -0.4 is 10.2 Å². The van der Waals surface area contributed by atoms with E-state index >= 15 is 0 Å².